The fourth-order valence-electron chi connectivity index (χ4n) is 4.09. The molecule has 3 N–H and O–H groups in total. The van der Waals surface area contributed by atoms with E-state index in [1.807, 2.05) is 26.0 Å². The van der Waals surface area contributed by atoms with Crippen LogP contribution in [0.15, 0.2) is 29.1 Å². The molecular weight excluding hydrogens is 480 g/mol. The first-order chi connectivity index (χ1) is 17.2. The van der Waals surface area contributed by atoms with E-state index in [0.717, 1.165) is 11.3 Å². The van der Waals surface area contributed by atoms with Gasteiger partial charge >= 0.3 is 0 Å². The van der Waals surface area contributed by atoms with Crippen LogP contribution in [0, 0.1) is 11.3 Å². The van der Waals surface area contributed by atoms with Crippen LogP contribution in [0.25, 0.3) is 11.8 Å². The predicted molar refractivity (Wildman–Crippen MR) is 141 cm³/mol. The number of ether oxygens (including phenoxy) is 1. The lowest BCUT2D eigenvalue weighted by atomic mass is 10.2. The molecule has 2 amide bonds. The van der Waals surface area contributed by atoms with Crippen molar-refractivity contribution in [2.24, 2.45) is 0 Å². The van der Waals surface area contributed by atoms with E-state index >= 15 is 0 Å². The van der Waals surface area contributed by atoms with Crippen molar-refractivity contribution in [3.63, 3.8) is 0 Å². The Kier molecular flexibility index (Phi) is 9.41. The molecule has 1 fully saturated rings. The molecule has 0 saturated carbocycles. The van der Waals surface area contributed by atoms with E-state index in [-0.39, 0.29) is 35.8 Å². The Morgan fingerprint density at radius 2 is 1.92 bits per heavy atom. The number of thiazole rings is 1. The smallest absolute Gasteiger partial charge is 0.270 e. The summed E-state index contributed by atoms with van der Waals surface area (Å²) in [6.07, 6.45) is 1.72. The van der Waals surface area contributed by atoms with Gasteiger partial charge in [0.1, 0.15) is 15.3 Å². The highest BCUT2D eigenvalue weighted by atomic mass is 32.1. The minimum atomic E-state index is -0.507. The van der Waals surface area contributed by atoms with Crippen molar-refractivity contribution in [3.8, 4) is 6.07 Å². The van der Waals surface area contributed by atoms with Crippen molar-refractivity contribution in [1.29, 1.82) is 5.26 Å². The molecule has 192 valence electrons. The molecule has 36 heavy (non-hydrogen) atoms. The summed E-state index contributed by atoms with van der Waals surface area (Å²) >= 11 is 1.08. The molecule has 2 unspecified atom stereocenters. The number of hydrogen-bond acceptors (Lipinski definition) is 8. The van der Waals surface area contributed by atoms with Crippen molar-refractivity contribution in [2.75, 3.05) is 36.8 Å². The fraction of sp³-hybridized carbons (Fsp3) is 0.440. The summed E-state index contributed by atoms with van der Waals surface area (Å²) in [6.45, 7) is 9.93. The largest absolute Gasteiger partial charge is 0.373 e. The Labute approximate surface area is 213 Å². The lowest BCUT2D eigenvalue weighted by molar-refractivity contribution is -0.121. The quantitative estimate of drug-likeness (QED) is 0.473. The van der Waals surface area contributed by atoms with Crippen LogP contribution in [0.3, 0.4) is 0 Å². The van der Waals surface area contributed by atoms with Crippen LogP contribution in [0.2, 0.25) is 0 Å². The first-order valence-electron chi connectivity index (χ1n) is 11.9. The second kappa shape index (κ2) is 12.5. The van der Waals surface area contributed by atoms with Crippen molar-refractivity contribution >= 4 is 46.3 Å². The van der Waals surface area contributed by atoms with Crippen LogP contribution in [-0.4, -0.2) is 59.7 Å². The minimum Gasteiger partial charge on any atom is -0.373 e. The normalized spacial score (nSPS) is 19.4. The first kappa shape index (κ1) is 27.1. The van der Waals surface area contributed by atoms with E-state index in [9.17, 15) is 19.6 Å². The summed E-state index contributed by atoms with van der Waals surface area (Å²) in [4.78, 5) is 39.8. The molecular formula is C25H32N6O4S. The molecule has 2 aromatic rings. The van der Waals surface area contributed by atoms with Gasteiger partial charge in [0.05, 0.1) is 18.8 Å². The number of carbonyl (C=O) groups is 2. The van der Waals surface area contributed by atoms with Crippen LogP contribution < -0.4 is 30.7 Å². The Morgan fingerprint density at radius 1 is 1.22 bits per heavy atom. The zero-order chi connectivity index (χ0) is 26.2. The molecule has 11 heteroatoms. The maximum atomic E-state index is 12.9. The van der Waals surface area contributed by atoms with Gasteiger partial charge in [0.25, 0.3) is 11.5 Å². The van der Waals surface area contributed by atoms with Gasteiger partial charge in [0.15, 0.2) is 5.57 Å². The lowest BCUT2D eigenvalue weighted by Crippen LogP contribution is -2.48. The summed E-state index contributed by atoms with van der Waals surface area (Å²) < 4.78 is 7.80. The zero-order valence-corrected chi connectivity index (χ0v) is 21.8. The second-order valence-electron chi connectivity index (χ2n) is 8.54. The van der Waals surface area contributed by atoms with E-state index < -0.39 is 5.91 Å². The number of aromatic nitrogens is 1. The topological polar surface area (TPSA) is 128 Å². The number of nitrogens with one attached hydrogen (secondary N) is 3. The number of benzene rings is 1. The molecule has 10 nitrogen and oxygen atoms in total. The van der Waals surface area contributed by atoms with Gasteiger partial charge in [-0.05, 0) is 45.9 Å². The monoisotopic (exact) mass is 512 g/mol. The summed E-state index contributed by atoms with van der Waals surface area (Å²) in [5.41, 5.74) is 0.920. The minimum absolute atomic E-state index is 0.0857. The molecule has 0 radical (unpaired) electrons. The van der Waals surface area contributed by atoms with Crippen LogP contribution in [0.1, 0.15) is 27.7 Å². The third-order valence-corrected chi connectivity index (χ3v) is 6.62. The third kappa shape index (κ3) is 6.81. The highest BCUT2D eigenvalue weighted by Gasteiger charge is 2.23. The SMILES string of the molecule is CCNC(=O)/C(C#N)=c1\s/c(=C/Nc2cccc(NC(=O)CN3CC(C)OC(C)C3)c2)c(=O)n1CC. The average molecular weight is 513 g/mol. The summed E-state index contributed by atoms with van der Waals surface area (Å²) in [6, 6.07) is 9.09. The maximum Gasteiger partial charge on any atom is 0.270 e. The Morgan fingerprint density at radius 3 is 2.56 bits per heavy atom. The van der Waals surface area contributed by atoms with E-state index in [0.29, 0.717) is 46.7 Å². The molecule has 1 aliphatic heterocycles. The van der Waals surface area contributed by atoms with Gasteiger partial charge < -0.3 is 20.7 Å². The summed E-state index contributed by atoms with van der Waals surface area (Å²) in [5.74, 6) is -0.622. The van der Waals surface area contributed by atoms with Crippen LogP contribution >= 0.6 is 11.3 Å². The fourth-order valence-corrected chi connectivity index (χ4v) is 5.18. The van der Waals surface area contributed by atoms with Gasteiger partial charge in [-0.1, -0.05) is 6.07 Å². The number of nitrogens with zero attached hydrogens (tertiary/aromatic N) is 3. The number of carbonyl (C=O) groups excluding carboxylic acids is 2. The molecule has 0 bridgehead atoms. The van der Waals surface area contributed by atoms with E-state index in [1.54, 1.807) is 38.2 Å². The Balaban J connectivity index is 1.77. The van der Waals surface area contributed by atoms with Crippen molar-refractivity contribution in [1.82, 2.24) is 14.8 Å². The Hall–Kier alpha value is -3.46. The number of anilines is 2. The second-order valence-corrected chi connectivity index (χ2v) is 9.57. The van der Waals surface area contributed by atoms with E-state index in [1.165, 1.54) is 4.57 Å². The van der Waals surface area contributed by atoms with E-state index in [4.69, 9.17) is 4.74 Å². The van der Waals surface area contributed by atoms with Crippen molar-refractivity contribution in [3.05, 3.63) is 43.8 Å². The third-order valence-electron chi connectivity index (χ3n) is 5.49. The number of nitriles is 1. The number of hydrogen-bond donors (Lipinski definition) is 3. The van der Waals surface area contributed by atoms with Gasteiger partial charge in [-0.25, -0.2) is 0 Å². The van der Waals surface area contributed by atoms with Crippen LogP contribution in [0.4, 0.5) is 11.4 Å². The molecule has 1 aliphatic rings. The highest BCUT2D eigenvalue weighted by Crippen LogP contribution is 2.16. The van der Waals surface area contributed by atoms with Crippen molar-refractivity contribution < 1.29 is 14.3 Å². The first-order valence-corrected chi connectivity index (χ1v) is 12.7. The molecule has 0 aliphatic carbocycles. The predicted octanol–water partition coefficient (Wildman–Crippen LogP) is 0.638. The van der Waals surface area contributed by atoms with Gasteiger partial charge in [-0.3, -0.25) is 23.9 Å². The van der Waals surface area contributed by atoms with Crippen LogP contribution in [-0.2, 0) is 20.9 Å². The number of morpholine rings is 1. The average Bonchev–Trinajstić information content (AvgIpc) is 3.12. The molecule has 2 atom stereocenters. The maximum absolute atomic E-state index is 12.9. The standard InChI is InChI=1S/C25H32N6O4S/c1-5-27-23(33)20(11-26)25-31(6-2)24(34)21(36-25)12-28-18-8-7-9-19(10-18)29-22(32)15-30-13-16(3)35-17(4)14-30/h7-10,12,16-17,28H,5-6,13-15H2,1-4H3,(H,27,33)(H,29,32)/b21-12+,25-20-. The van der Waals surface area contributed by atoms with E-state index in [2.05, 4.69) is 20.9 Å². The molecule has 3 rings (SSSR count). The molecule has 1 aromatic carbocycles. The highest BCUT2D eigenvalue weighted by molar-refractivity contribution is 7.07. The van der Waals surface area contributed by atoms with Gasteiger partial charge in [-0.2, -0.15) is 5.26 Å². The molecule has 1 saturated heterocycles. The molecule has 2 heterocycles. The Bertz CT molecular complexity index is 1320. The lowest BCUT2D eigenvalue weighted by Gasteiger charge is -2.34. The summed E-state index contributed by atoms with van der Waals surface area (Å²) in [7, 11) is 0. The number of amides is 2. The molecule has 1 aromatic heterocycles. The van der Waals surface area contributed by atoms with Crippen molar-refractivity contribution in [2.45, 2.75) is 46.4 Å². The van der Waals surface area contributed by atoms with Gasteiger partial charge in [-0.15, -0.1) is 11.3 Å². The van der Waals surface area contributed by atoms with Gasteiger partial charge in [0, 0.05) is 43.8 Å². The number of rotatable bonds is 8. The summed E-state index contributed by atoms with van der Waals surface area (Å²) in [5, 5.41) is 18.1. The van der Waals surface area contributed by atoms with Crippen LogP contribution in [0.5, 0.6) is 0 Å². The zero-order valence-electron chi connectivity index (χ0n) is 21.0. The van der Waals surface area contributed by atoms with Gasteiger partial charge in [0.2, 0.25) is 5.91 Å². The molecule has 0 spiro atoms.